The first-order valence-corrected chi connectivity index (χ1v) is 8.20. The Morgan fingerprint density at radius 2 is 2.05 bits per heavy atom. The lowest BCUT2D eigenvalue weighted by Gasteiger charge is -2.42. The molecule has 3 nitrogen and oxygen atoms in total. The van der Waals surface area contributed by atoms with Crippen molar-refractivity contribution in [2.24, 2.45) is 5.41 Å². The first-order chi connectivity index (χ1) is 9.15. The molecule has 2 saturated heterocycles. The number of nitrogens with zero attached hydrogens (tertiary/aromatic N) is 1. The van der Waals surface area contributed by atoms with Gasteiger partial charge < -0.3 is 10.1 Å². The van der Waals surface area contributed by atoms with Crippen LogP contribution in [-0.2, 0) is 4.74 Å². The largest absolute Gasteiger partial charge is 0.381 e. The molecule has 1 N–H and O–H groups in total. The summed E-state index contributed by atoms with van der Waals surface area (Å²) < 4.78 is 5.60. The summed E-state index contributed by atoms with van der Waals surface area (Å²) in [6.45, 7) is 12.5. The molecule has 19 heavy (non-hydrogen) atoms. The van der Waals surface area contributed by atoms with E-state index in [-0.39, 0.29) is 0 Å². The quantitative estimate of drug-likeness (QED) is 0.801. The fraction of sp³-hybridized carbons (Fsp3) is 1.00. The summed E-state index contributed by atoms with van der Waals surface area (Å²) in [5.41, 5.74) is 0.445. The molecule has 0 radical (unpaired) electrons. The summed E-state index contributed by atoms with van der Waals surface area (Å²) >= 11 is 0. The number of likely N-dealkylation sites (tertiary alicyclic amines) is 1. The van der Waals surface area contributed by atoms with Gasteiger partial charge in [0.25, 0.3) is 0 Å². The van der Waals surface area contributed by atoms with Crippen molar-refractivity contribution in [3.63, 3.8) is 0 Å². The minimum atomic E-state index is 0.445. The summed E-state index contributed by atoms with van der Waals surface area (Å²) in [6, 6.07) is 1.42. The van der Waals surface area contributed by atoms with Gasteiger partial charge in [0.2, 0.25) is 0 Å². The van der Waals surface area contributed by atoms with Crippen LogP contribution in [0, 0.1) is 5.41 Å². The number of nitrogens with one attached hydrogen (secondary N) is 1. The molecule has 2 aliphatic rings. The molecule has 0 saturated carbocycles. The lowest BCUT2D eigenvalue weighted by atomic mass is 9.79. The van der Waals surface area contributed by atoms with Crippen LogP contribution in [0.25, 0.3) is 0 Å². The molecule has 0 spiro atoms. The molecule has 1 unspecified atom stereocenters. The van der Waals surface area contributed by atoms with Crippen LogP contribution in [0.2, 0.25) is 0 Å². The first-order valence-electron chi connectivity index (χ1n) is 8.20. The third-order valence-corrected chi connectivity index (χ3v) is 4.95. The highest BCUT2D eigenvalue weighted by molar-refractivity contribution is 4.91. The average Bonchev–Trinajstić information content (AvgIpc) is 2.85. The first kappa shape index (κ1) is 15.3. The highest BCUT2D eigenvalue weighted by Crippen LogP contribution is 2.34. The predicted molar refractivity (Wildman–Crippen MR) is 80.5 cm³/mol. The second-order valence-electron chi connectivity index (χ2n) is 6.82. The van der Waals surface area contributed by atoms with E-state index in [2.05, 4.69) is 31.0 Å². The summed E-state index contributed by atoms with van der Waals surface area (Å²) in [7, 11) is 0. The molecule has 2 aliphatic heterocycles. The molecule has 2 heterocycles. The average molecular weight is 268 g/mol. The van der Waals surface area contributed by atoms with Gasteiger partial charge in [0.1, 0.15) is 0 Å². The van der Waals surface area contributed by atoms with Gasteiger partial charge in [-0.05, 0) is 44.1 Å². The topological polar surface area (TPSA) is 24.5 Å². The summed E-state index contributed by atoms with van der Waals surface area (Å²) in [6.07, 6.45) is 6.55. The van der Waals surface area contributed by atoms with E-state index in [4.69, 9.17) is 4.74 Å². The van der Waals surface area contributed by atoms with Crippen molar-refractivity contribution in [2.75, 3.05) is 32.8 Å². The fourth-order valence-corrected chi connectivity index (χ4v) is 3.61. The van der Waals surface area contributed by atoms with Crippen LogP contribution >= 0.6 is 0 Å². The molecule has 3 heteroatoms. The molecule has 2 rings (SSSR count). The molecule has 0 aromatic heterocycles. The molecule has 0 aromatic rings. The molecular weight excluding hydrogens is 236 g/mol. The monoisotopic (exact) mass is 268 g/mol. The Labute approximate surface area is 119 Å². The summed E-state index contributed by atoms with van der Waals surface area (Å²) in [4.78, 5) is 2.76. The van der Waals surface area contributed by atoms with Gasteiger partial charge in [-0.25, -0.2) is 0 Å². The predicted octanol–water partition coefficient (Wildman–Crippen LogP) is 2.66. The van der Waals surface area contributed by atoms with Gasteiger partial charge in [0.15, 0.2) is 0 Å². The van der Waals surface area contributed by atoms with E-state index in [0.717, 1.165) is 25.8 Å². The maximum Gasteiger partial charge on any atom is 0.0472 e. The third kappa shape index (κ3) is 4.17. The molecular formula is C16H32N2O. The van der Waals surface area contributed by atoms with Crippen LogP contribution in [0.15, 0.2) is 0 Å². The van der Waals surface area contributed by atoms with Gasteiger partial charge in [-0.2, -0.15) is 0 Å². The zero-order valence-electron chi connectivity index (χ0n) is 13.1. The molecule has 2 fully saturated rings. The standard InChI is InChI=1S/C16H32N2O/c1-4-15-6-5-9-18(15)13-16(12-17-14(2)3)7-10-19-11-8-16/h14-15,17H,4-13H2,1-3H3. The molecule has 0 amide bonds. The Kier molecular flexibility index (Phi) is 5.67. The van der Waals surface area contributed by atoms with E-state index >= 15 is 0 Å². The summed E-state index contributed by atoms with van der Waals surface area (Å²) in [5.74, 6) is 0. The maximum atomic E-state index is 5.60. The van der Waals surface area contributed by atoms with E-state index in [9.17, 15) is 0 Å². The zero-order valence-corrected chi connectivity index (χ0v) is 13.1. The normalized spacial score (nSPS) is 28.1. The van der Waals surface area contributed by atoms with Crippen molar-refractivity contribution in [1.29, 1.82) is 0 Å². The Hall–Kier alpha value is -0.120. The van der Waals surface area contributed by atoms with Gasteiger partial charge in [0, 0.05) is 38.4 Å². The van der Waals surface area contributed by atoms with E-state index < -0.39 is 0 Å². The van der Waals surface area contributed by atoms with E-state index in [1.807, 2.05) is 0 Å². The Balaban J connectivity index is 1.96. The summed E-state index contributed by atoms with van der Waals surface area (Å²) in [5, 5.41) is 3.68. The lowest BCUT2D eigenvalue weighted by Crippen LogP contribution is -2.49. The minimum absolute atomic E-state index is 0.445. The van der Waals surface area contributed by atoms with Crippen molar-refractivity contribution in [1.82, 2.24) is 10.2 Å². The van der Waals surface area contributed by atoms with Crippen molar-refractivity contribution < 1.29 is 4.74 Å². The Morgan fingerprint density at radius 1 is 1.32 bits per heavy atom. The second kappa shape index (κ2) is 7.05. The maximum absolute atomic E-state index is 5.60. The van der Waals surface area contributed by atoms with Gasteiger partial charge in [0.05, 0.1) is 0 Å². The lowest BCUT2D eigenvalue weighted by molar-refractivity contribution is -0.00749. The Bertz CT molecular complexity index is 261. The fourth-order valence-electron chi connectivity index (χ4n) is 3.61. The highest BCUT2D eigenvalue weighted by Gasteiger charge is 2.37. The Morgan fingerprint density at radius 3 is 2.68 bits per heavy atom. The number of rotatable bonds is 6. The van der Waals surface area contributed by atoms with Crippen LogP contribution in [0.4, 0.5) is 0 Å². The smallest absolute Gasteiger partial charge is 0.0472 e. The van der Waals surface area contributed by atoms with Crippen LogP contribution < -0.4 is 5.32 Å². The van der Waals surface area contributed by atoms with Crippen LogP contribution in [0.3, 0.4) is 0 Å². The molecule has 0 bridgehead atoms. The second-order valence-corrected chi connectivity index (χ2v) is 6.82. The van der Waals surface area contributed by atoms with E-state index in [0.29, 0.717) is 11.5 Å². The third-order valence-electron chi connectivity index (χ3n) is 4.95. The molecule has 0 aliphatic carbocycles. The van der Waals surface area contributed by atoms with Crippen LogP contribution in [0.1, 0.15) is 52.9 Å². The van der Waals surface area contributed by atoms with Crippen molar-refractivity contribution in [2.45, 2.75) is 65.0 Å². The number of hydrogen-bond donors (Lipinski definition) is 1. The molecule has 112 valence electrons. The van der Waals surface area contributed by atoms with Crippen LogP contribution in [-0.4, -0.2) is 49.8 Å². The van der Waals surface area contributed by atoms with Gasteiger partial charge in [-0.3, -0.25) is 4.90 Å². The highest BCUT2D eigenvalue weighted by atomic mass is 16.5. The number of ether oxygens (including phenoxy) is 1. The SMILES string of the molecule is CCC1CCCN1CC1(CNC(C)C)CCOCC1. The van der Waals surface area contributed by atoms with Gasteiger partial charge in [-0.1, -0.05) is 20.8 Å². The zero-order chi connectivity index (χ0) is 13.7. The van der Waals surface area contributed by atoms with E-state index in [1.165, 1.54) is 45.2 Å². The van der Waals surface area contributed by atoms with Crippen molar-refractivity contribution in [3.05, 3.63) is 0 Å². The van der Waals surface area contributed by atoms with E-state index in [1.54, 1.807) is 0 Å². The van der Waals surface area contributed by atoms with Gasteiger partial charge >= 0.3 is 0 Å². The molecule has 0 aromatic carbocycles. The number of hydrogen-bond acceptors (Lipinski definition) is 3. The molecule has 1 atom stereocenters. The van der Waals surface area contributed by atoms with Gasteiger partial charge in [-0.15, -0.1) is 0 Å². The minimum Gasteiger partial charge on any atom is -0.381 e. The van der Waals surface area contributed by atoms with Crippen molar-refractivity contribution >= 4 is 0 Å². The van der Waals surface area contributed by atoms with Crippen LogP contribution in [0.5, 0.6) is 0 Å². The van der Waals surface area contributed by atoms with Crippen molar-refractivity contribution in [3.8, 4) is 0 Å².